The summed E-state index contributed by atoms with van der Waals surface area (Å²) < 4.78 is 1.94. The number of benzene rings is 2. The Hall–Kier alpha value is -2.69. The van der Waals surface area contributed by atoms with Gasteiger partial charge in [0.2, 0.25) is 0 Å². The van der Waals surface area contributed by atoms with Crippen LogP contribution in [0.5, 0.6) is 0 Å². The van der Waals surface area contributed by atoms with Crippen molar-refractivity contribution in [3.8, 4) is 5.69 Å². The number of nitrogens with one attached hydrogen (secondary N) is 1. The zero-order valence-corrected chi connectivity index (χ0v) is 17.3. The van der Waals surface area contributed by atoms with Gasteiger partial charge >= 0.3 is 0 Å². The van der Waals surface area contributed by atoms with E-state index >= 15 is 0 Å². The second-order valence-electron chi connectivity index (χ2n) is 8.29. The monoisotopic (exact) mass is 375 g/mol. The Morgan fingerprint density at radius 3 is 2.21 bits per heavy atom. The number of hydrogen-bond donors (Lipinski definition) is 1. The zero-order chi connectivity index (χ0) is 19.7. The van der Waals surface area contributed by atoms with Crippen LogP contribution in [0.4, 0.5) is 5.69 Å². The van der Waals surface area contributed by atoms with Gasteiger partial charge in [0.1, 0.15) is 0 Å². The summed E-state index contributed by atoms with van der Waals surface area (Å²) in [6, 6.07) is 13.0. The highest BCUT2D eigenvalue weighted by Crippen LogP contribution is 2.40. The molecule has 146 valence electrons. The van der Waals surface area contributed by atoms with Crippen molar-refractivity contribution < 1.29 is 0 Å². The molecule has 5 heteroatoms. The SMILES string of the molecule is Cc1ccc(NC2(c3nnnn3-c3ccc(C)cc3C)CCCCC2)c(C)c1. The van der Waals surface area contributed by atoms with E-state index in [0.29, 0.717) is 0 Å². The molecular weight excluding hydrogens is 346 g/mol. The highest BCUT2D eigenvalue weighted by Gasteiger charge is 2.39. The van der Waals surface area contributed by atoms with Crippen molar-refractivity contribution in [1.82, 2.24) is 20.2 Å². The minimum Gasteiger partial charge on any atom is -0.372 e. The van der Waals surface area contributed by atoms with Gasteiger partial charge in [-0.05, 0) is 74.2 Å². The zero-order valence-electron chi connectivity index (χ0n) is 17.3. The highest BCUT2D eigenvalue weighted by molar-refractivity contribution is 5.55. The van der Waals surface area contributed by atoms with Crippen molar-refractivity contribution in [1.29, 1.82) is 0 Å². The second kappa shape index (κ2) is 7.38. The maximum absolute atomic E-state index is 4.53. The van der Waals surface area contributed by atoms with Gasteiger partial charge in [0.15, 0.2) is 5.82 Å². The standard InChI is InChI=1S/C23H29N5/c1-16-8-10-20(18(3)14-16)24-23(12-6-5-7-13-23)22-25-26-27-28(22)21-11-9-17(2)15-19(21)4/h8-11,14-15,24H,5-7,12-13H2,1-4H3. The predicted octanol–water partition coefficient (Wildman–Crippen LogP) is 5.17. The van der Waals surface area contributed by atoms with Crippen LogP contribution in [0.2, 0.25) is 0 Å². The van der Waals surface area contributed by atoms with Crippen LogP contribution in [0.3, 0.4) is 0 Å². The molecule has 1 heterocycles. The summed E-state index contributed by atoms with van der Waals surface area (Å²) in [5.41, 5.74) is 6.94. The van der Waals surface area contributed by atoms with Crippen LogP contribution in [-0.4, -0.2) is 20.2 Å². The van der Waals surface area contributed by atoms with E-state index in [4.69, 9.17) is 0 Å². The lowest BCUT2D eigenvalue weighted by Crippen LogP contribution is -2.40. The minimum atomic E-state index is -0.251. The summed E-state index contributed by atoms with van der Waals surface area (Å²) in [5, 5.41) is 16.9. The topological polar surface area (TPSA) is 55.6 Å². The molecule has 1 aromatic heterocycles. The number of anilines is 1. The molecule has 0 saturated heterocycles. The van der Waals surface area contributed by atoms with Crippen LogP contribution < -0.4 is 5.32 Å². The maximum Gasteiger partial charge on any atom is 0.181 e. The Kier molecular flexibility index (Phi) is 4.92. The Bertz CT molecular complexity index is 982. The van der Waals surface area contributed by atoms with Gasteiger partial charge in [-0.1, -0.05) is 54.7 Å². The molecule has 2 aromatic carbocycles. The van der Waals surface area contributed by atoms with E-state index in [0.717, 1.165) is 24.4 Å². The van der Waals surface area contributed by atoms with Crippen molar-refractivity contribution in [3.63, 3.8) is 0 Å². The van der Waals surface area contributed by atoms with E-state index in [-0.39, 0.29) is 5.54 Å². The van der Waals surface area contributed by atoms with Crippen molar-refractivity contribution in [2.45, 2.75) is 65.3 Å². The third-order valence-corrected chi connectivity index (χ3v) is 5.94. The number of hydrogen-bond acceptors (Lipinski definition) is 4. The fourth-order valence-corrected chi connectivity index (χ4v) is 4.46. The lowest BCUT2D eigenvalue weighted by molar-refractivity contribution is 0.309. The Morgan fingerprint density at radius 2 is 1.54 bits per heavy atom. The first-order chi connectivity index (χ1) is 13.5. The molecule has 0 radical (unpaired) electrons. The molecule has 0 bridgehead atoms. The molecule has 28 heavy (non-hydrogen) atoms. The maximum atomic E-state index is 4.53. The molecule has 0 amide bonds. The highest BCUT2D eigenvalue weighted by atomic mass is 15.6. The van der Waals surface area contributed by atoms with Gasteiger partial charge < -0.3 is 5.32 Å². The van der Waals surface area contributed by atoms with Crippen LogP contribution in [0.25, 0.3) is 5.69 Å². The second-order valence-corrected chi connectivity index (χ2v) is 8.29. The third kappa shape index (κ3) is 3.41. The Morgan fingerprint density at radius 1 is 0.857 bits per heavy atom. The van der Waals surface area contributed by atoms with Crippen LogP contribution in [0.1, 0.15) is 60.2 Å². The van der Waals surface area contributed by atoms with E-state index in [9.17, 15) is 0 Å². The molecule has 5 nitrogen and oxygen atoms in total. The van der Waals surface area contributed by atoms with E-state index in [1.165, 1.54) is 47.2 Å². The van der Waals surface area contributed by atoms with Crippen molar-refractivity contribution >= 4 is 5.69 Å². The number of nitrogens with zero attached hydrogens (tertiary/aromatic N) is 4. The number of tetrazole rings is 1. The number of aryl methyl sites for hydroxylation is 4. The normalized spacial score (nSPS) is 16.1. The van der Waals surface area contributed by atoms with Crippen LogP contribution in [0.15, 0.2) is 36.4 Å². The fourth-order valence-electron chi connectivity index (χ4n) is 4.46. The molecule has 4 rings (SSSR count). The Balaban J connectivity index is 1.80. The lowest BCUT2D eigenvalue weighted by atomic mass is 9.80. The lowest BCUT2D eigenvalue weighted by Gasteiger charge is -2.38. The van der Waals surface area contributed by atoms with Gasteiger partial charge in [-0.2, -0.15) is 4.68 Å². The fraction of sp³-hybridized carbons (Fsp3) is 0.435. The summed E-state index contributed by atoms with van der Waals surface area (Å²) in [5.74, 6) is 0.916. The molecule has 3 aromatic rings. The largest absolute Gasteiger partial charge is 0.372 e. The molecule has 1 saturated carbocycles. The predicted molar refractivity (Wildman–Crippen MR) is 113 cm³/mol. The van der Waals surface area contributed by atoms with Gasteiger partial charge in [-0.25, -0.2) is 0 Å². The summed E-state index contributed by atoms with van der Waals surface area (Å²) in [7, 11) is 0. The summed E-state index contributed by atoms with van der Waals surface area (Å²) in [4.78, 5) is 0. The summed E-state index contributed by atoms with van der Waals surface area (Å²) in [6.45, 7) is 8.54. The van der Waals surface area contributed by atoms with Crippen molar-refractivity contribution in [2.24, 2.45) is 0 Å². The van der Waals surface area contributed by atoms with Crippen molar-refractivity contribution in [3.05, 3.63) is 64.5 Å². The molecule has 1 N–H and O–H groups in total. The van der Waals surface area contributed by atoms with Crippen LogP contribution in [-0.2, 0) is 5.54 Å². The average molecular weight is 376 g/mol. The molecule has 1 fully saturated rings. The molecule has 0 atom stereocenters. The molecule has 0 unspecified atom stereocenters. The summed E-state index contributed by atoms with van der Waals surface area (Å²) >= 11 is 0. The third-order valence-electron chi connectivity index (χ3n) is 5.94. The van der Waals surface area contributed by atoms with E-state index in [2.05, 4.69) is 84.9 Å². The first-order valence-electron chi connectivity index (χ1n) is 10.2. The molecule has 0 aliphatic heterocycles. The van der Waals surface area contributed by atoms with Gasteiger partial charge in [0, 0.05) is 5.69 Å². The average Bonchev–Trinajstić information content (AvgIpc) is 3.15. The Labute approximate surface area is 167 Å². The van der Waals surface area contributed by atoms with Crippen molar-refractivity contribution in [2.75, 3.05) is 5.32 Å². The van der Waals surface area contributed by atoms with E-state index < -0.39 is 0 Å². The molecule has 1 aliphatic rings. The van der Waals surface area contributed by atoms with Gasteiger partial charge in [-0.15, -0.1) is 5.10 Å². The van der Waals surface area contributed by atoms with Crippen LogP contribution >= 0.6 is 0 Å². The minimum absolute atomic E-state index is 0.251. The first kappa shape index (κ1) is 18.7. The molecular formula is C23H29N5. The number of rotatable bonds is 4. The van der Waals surface area contributed by atoms with E-state index in [1.54, 1.807) is 0 Å². The smallest absolute Gasteiger partial charge is 0.181 e. The van der Waals surface area contributed by atoms with Gasteiger partial charge in [-0.3, -0.25) is 0 Å². The molecule has 0 spiro atoms. The van der Waals surface area contributed by atoms with E-state index in [1.807, 2.05) is 4.68 Å². The van der Waals surface area contributed by atoms with Gasteiger partial charge in [0.25, 0.3) is 0 Å². The molecule has 1 aliphatic carbocycles. The first-order valence-corrected chi connectivity index (χ1v) is 10.2. The summed E-state index contributed by atoms with van der Waals surface area (Å²) in [6.07, 6.45) is 5.69. The quantitative estimate of drug-likeness (QED) is 0.684. The number of aromatic nitrogens is 4. The van der Waals surface area contributed by atoms with Crippen LogP contribution in [0, 0.1) is 27.7 Å². The van der Waals surface area contributed by atoms with Gasteiger partial charge in [0.05, 0.1) is 11.2 Å².